The van der Waals surface area contributed by atoms with E-state index in [9.17, 15) is 0 Å². The molecule has 4 nitrogen and oxygen atoms in total. The van der Waals surface area contributed by atoms with Crippen molar-refractivity contribution < 1.29 is 5.11 Å². The normalized spacial score (nSPS) is 11.0. The molecule has 0 saturated heterocycles. The molecular weight excluding hydrogens is 82.0 g/mol. The lowest BCUT2D eigenvalue weighted by Gasteiger charge is -1.76. The van der Waals surface area contributed by atoms with Gasteiger partial charge in [-0.15, -0.1) is 0 Å². The van der Waals surface area contributed by atoms with Crippen molar-refractivity contribution in [3.8, 4) is 0 Å². The first kappa shape index (κ1) is 4.94. The third-order valence-corrected chi connectivity index (χ3v) is 0.197. The quantitative estimate of drug-likeness (QED) is 0.318. The fraction of sp³-hybridized carbons (Fsp3) is 0. The molecule has 0 saturated carbocycles. The molecule has 0 spiro atoms. The maximum absolute atomic E-state index is 7.98. The molecule has 0 aromatic heterocycles. The van der Waals surface area contributed by atoms with Gasteiger partial charge in [0.05, 0.1) is 0 Å². The SMILES string of the molecule is N=N/C=C(\N)O. The summed E-state index contributed by atoms with van der Waals surface area (Å²) in [6.07, 6.45) is 0.833. The highest BCUT2D eigenvalue weighted by Gasteiger charge is 1.68. The highest BCUT2D eigenvalue weighted by Crippen LogP contribution is 1.71. The van der Waals surface area contributed by atoms with Gasteiger partial charge >= 0.3 is 0 Å². The smallest absolute Gasteiger partial charge is 0.202 e. The zero-order valence-electron chi connectivity index (χ0n) is 3.05. The summed E-state index contributed by atoms with van der Waals surface area (Å²) in [5, 5.41) is 10.6. The summed E-state index contributed by atoms with van der Waals surface area (Å²) in [4.78, 5) is 0. The predicted octanol–water partition coefficient (Wildman–Crippen LogP) is 0.333. The average molecular weight is 87.1 g/mol. The van der Waals surface area contributed by atoms with Crippen molar-refractivity contribution >= 4 is 0 Å². The van der Waals surface area contributed by atoms with Gasteiger partial charge in [0.25, 0.3) is 0 Å². The molecule has 0 atom stereocenters. The lowest BCUT2D eigenvalue weighted by atomic mass is 10.9. The van der Waals surface area contributed by atoms with Crippen molar-refractivity contribution in [2.24, 2.45) is 10.8 Å². The van der Waals surface area contributed by atoms with Gasteiger partial charge in [-0.05, 0) is 0 Å². The van der Waals surface area contributed by atoms with Gasteiger partial charge in [-0.3, -0.25) is 0 Å². The Labute approximate surface area is 34.8 Å². The van der Waals surface area contributed by atoms with E-state index in [1.807, 2.05) is 0 Å². The molecule has 0 heterocycles. The van der Waals surface area contributed by atoms with Crippen LogP contribution in [0.15, 0.2) is 17.2 Å². The number of hydrogen-bond donors (Lipinski definition) is 3. The summed E-state index contributed by atoms with van der Waals surface area (Å²) in [6, 6.07) is 0. The van der Waals surface area contributed by atoms with E-state index in [0.29, 0.717) is 0 Å². The lowest BCUT2D eigenvalue weighted by Crippen LogP contribution is -1.91. The Bertz CT molecular complexity index is 72.9. The van der Waals surface area contributed by atoms with Crippen LogP contribution in [-0.2, 0) is 0 Å². The van der Waals surface area contributed by atoms with Crippen LogP contribution in [-0.4, -0.2) is 5.11 Å². The summed E-state index contributed by atoms with van der Waals surface area (Å²) in [5.74, 6) is -0.440. The minimum absolute atomic E-state index is 0.440. The van der Waals surface area contributed by atoms with Crippen molar-refractivity contribution in [3.05, 3.63) is 12.1 Å². The van der Waals surface area contributed by atoms with Crippen LogP contribution in [0.3, 0.4) is 0 Å². The monoisotopic (exact) mass is 87.0 g/mol. The van der Waals surface area contributed by atoms with Gasteiger partial charge in [-0.25, -0.2) is 5.53 Å². The van der Waals surface area contributed by atoms with Crippen molar-refractivity contribution in [1.29, 1.82) is 5.53 Å². The highest BCUT2D eigenvalue weighted by atomic mass is 16.3. The Hall–Kier alpha value is -1.06. The van der Waals surface area contributed by atoms with E-state index in [0.717, 1.165) is 6.20 Å². The minimum Gasteiger partial charge on any atom is -0.494 e. The first-order chi connectivity index (χ1) is 2.77. The molecule has 0 aliphatic heterocycles. The van der Waals surface area contributed by atoms with Gasteiger partial charge in [-0.2, -0.15) is 5.11 Å². The molecule has 0 rings (SSSR count). The number of aliphatic hydroxyl groups excluding tert-OH is 1. The molecule has 4 heteroatoms. The molecule has 0 fully saturated rings. The second-order valence-corrected chi connectivity index (χ2v) is 0.683. The standard InChI is InChI=1S/C2H5N3O/c3-2(6)1-5-4/h1,4,6H,3H2/b2-1+,5-4?. The Morgan fingerprint density at radius 2 is 2.50 bits per heavy atom. The molecular formula is C2H5N3O. The van der Waals surface area contributed by atoms with Gasteiger partial charge < -0.3 is 10.8 Å². The molecule has 4 N–H and O–H groups in total. The van der Waals surface area contributed by atoms with Crippen molar-refractivity contribution in [1.82, 2.24) is 0 Å². The zero-order valence-corrected chi connectivity index (χ0v) is 3.05. The van der Waals surface area contributed by atoms with E-state index < -0.39 is 5.88 Å². The van der Waals surface area contributed by atoms with E-state index in [1.165, 1.54) is 0 Å². The number of nitrogens with two attached hydrogens (primary N) is 1. The summed E-state index contributed by atoms with van der Waals surface area (Å²) >= 11 is 0. The fourth-order valence-corrected chi connectivity index (χ4v) is 0.0661. The minimum atomic E-state index is -0.440. The van der Waals surface area contributed by atoms with Crippen LogP contribution in [0.5, 0.6) is 0 Å². The maximum Gasteiger partial charge on any atom is 0.202 e. The zero-order chi connectivity index (χ0) is 4.99. The Morgan fingerprint density at radius 3 is 2.50 bits per heavy atom. The first-order valence-electron chi connectivity index (χ1n) is 1.28. The molecule has 0 amide bonds. The second kappa shape index (κ2) is 2.19. The topological polar surface area (TPSA) is 82.5 Å². The average Bonchev–Trinajstić information content (AvgIpc) is 1.35. The molecule has 34 valence electrons. The third kappa shape index (κ3) is 2.94. The molecule has 0 aromatic rings. The largest absolute Gasteiger partial charge is 0.494 e. The van der Waals surface area contributed by atoms with Crippen molar-refractivity contribution in [2.75, 3.05) is 0 Å². The number of hydrogen-bond acceptors (Lipinski definition) is 4. The maximum atomic E-state index is 7.98. The highest BCUT2D eigenvalue weighted by molar-refractivity contribution is 4.78. The van der Waals surface area contributed by atoms with E-state index in [1.54, 1.807) is 0 Å². The second-order valence-electron chi connectivity index (χ2n) is 0.683. The van der Waals surface area contributed by atoms with Crippen LogP contribution in [0, 0.1) is 5.53 Å². The molecule has 6 heavy (non-hydrogen) atoms. The Morgan fingerprint density at radius 1 is 2.00 bits per heavy atom. The molecule has 0 aliphatic rings. The summed E-state index contributed by atoms with van der Waals surface area (Å²) in [5.41, 5.74) is 10.6. The fourth-order valence-electron chi connectivity index (χ4n) is 0.0661. The molecule has 0 radical (unpaired) electrons. The summed E-state index contributed by atoms with van der Waals surface area (Å²) in [6.45, 7) is 0. The lowest BCUT2D eigenvalue weighted by molar-refractivity contribution is 0.403. The molecule has 0 unspecified atom stereocenters. The van der Waals surface area contributed by atoms with Crippen LogP contribution in [0.2, 0.25) is 0 Å². The summed E-state index contributed by atoms with van der Waals surface area (Å²) < 4.78 is 0. The van der Waals surface area contributed by atoms with E-state index in [4.69, 9.17) is 10.6 Å². The van der Waals surface area contributed by atoms with Gasteiger partial charge in [0.2, 0.25) is 5.88 Å². The van der Waals surface area contributed by atoms with Gasteiger partial charge in [0.15, 0.2) is 0 Å². The number of aliphatic hydroxyl groups is 1. The van der Waals surface area contributed by atoms with Crippen LogP contribution in [0.25, 0.3) is 0 Å². The molecule has 0 bridgehead atoms. The van der Waals surface area contributed by atoms with Crippen LogP contribution < -0.4 is 5.73 Å². The number of nitrogens with zero attached hydrogens (tertiary/aromatic N) is 1. The molecule has 0 aromatic carbocycles. The van der Waals surface area contributed by atoms with Crippen LogP contribution >= 0.6 is 0 Å². The van der Waals surface area contributed by atoms with Gasteiger partial charge in [0, 0.05) is 0 Å². The Balaban J connectivity index is 3.41. The third-order valence-electron chi connectivity index (χ3n) is 0.197. The van der Waals surface area contributed by atoms with Crippen LogP contribution in [0.1, 0.15) is 0 Å². The number of nitrogens with one attached hydrogen (secondary N) is 1. The van der Waals surface area contributed by atoms with Crippen molar-refractivity contribution in [2.45, 2.75) is 0 Å². The Kier molecular flexibility index (Phi) is 1.81. The van der Waals surface area contributed by atoms with E-state index in [-0.39, 0.29) is 0 Å². The summed E-state index contributed by atoms with van der Waals surface area (Å²) in [7, 11) is 0. The predicted molar refractivity (Wildman–Crippen MR) is 20.0 cm³/mol. The van der Waals surface area contributed by atoms with Crippen LogP contribution in [0.4, 0.5) is 0 Å². The van der Waals surface area contributed by atoms with E-state index in [2.05, 4.69) is 10.8 Å². The molecule has 0 aliphatic carbocycles. The number of rotatable bonds is 1. The first-order valence-corrected chi connectivity index (χ1v) is 1.28. The van der Waals surface area contributed by atoms with Gasteiger partial charge in [0.1, 0.15) is 6.20 Å². The van der Waals surface area contributed by atoms with E-state index >= 15 is 0 Å². The van der Waals surface area contributed by atoms with Crippen molar-refractivity contribution in [3.63, 3.8) is 0 Å². The van der Waals surface area contributed by atoms with Gasteiger partial charge in [-0.1, -0.05) is 0 Å².